The molecular formula is C7H9-. The van der Waals surface area contributed by atoms with E-state index in [2.05, 4.69) is 30.7 Å². The number of hydrogen-bond donors (Lipinski definition) is 0. The monoisotopic (exact) mass is 93.1 g/mol. The molecule has 0 unspecified atom stereocenters. The van der Waals surface area contributed by atoms with E-state index < -0.39 is 0 Å². The van der Waals surface area contributed by atoms with E-state index >= 15 is 0 Å². The highest BCUT2D eigenvalue weighted by Crippen LogP contribution is 1.99. The van der Waals surface area contributed by atoms with Crippen LogP contribution in [0, 0.1) is 6.42 Å². The van der Waals surface area contributed by atoms with Gasteiger partial charge in [0.05, 0.1) is 0 Å². The molecular weight excluding hydrogens is 84.1 g/mol. The van der Waals surface area contributed by atoms with Crippen LogP contribution >= 0.6 is 0 Å². The van der Waals surface area contributed by atoms with E-state index in [1.165, 1.54) is 12.8 Å². The van der Waals surface area contributed by atoms with E-state index in [1.807, 2.05) is 0 Å². The predicted octanol–water partition coefficient (Wildman–Crippen LogP) is 2.10. The summed E-state index contributed by atoms with van der Waals surface area (Å²) < 4.78 is 0. The second-order valence-corrected chi connectivity index (χ2v) is 1.63. The first-order valence-corrected chi connectivity index (χ1v) is 2.65. The highest BCUT2D eigenvalue weighted by Gasteiger charge is 1.71. The molecule has 38 valence electrons. The van der Waals surface area contributed by atoms with Gasteiger partial charge in [-0.25, -0.2) is 0 Å². The van der Waals surface area contributed by atoms with E-state index in [9.17, 15) is 0 Å². The summed E-state index contributed by atoms with van der Waals surface area (Å²) in [5, 5.41) is 0. The Kier molecular flexibility index (Phi) is 1.62. The Morgan fingerprint density at radius 2 is 1.57 bits per heavy atom. The first-order chi connectivity index (χ1) is 3.50. The van der Waals surface area contributed by atoms with Gasteiger partial charge in [0.15, 0.2) is 0 Å². The third-order valence-electron chi connectivity index (χ3n) is 0.994. The lowest BCUT2D eigenvalue weighted by molar-refractivity contribution is 1.06. The molecule has 1 rings (SSSR count). The maximum Gasteiger partial charge on any atom is -0.0865 e. The van der Waals surface area contributed by atoms with E-state index in [-0.39, 0.29) is 0 Å². The summed E-state index contributed by atoms with van der Waals surface area (Å²) in [7, 11) is 0. The summed E-state index contributed by atoms with van der Waals surface area (Å²) in [6.07, 6.45) is 13.0. The molecule has 0 aromatic heterocycles. The minimum absolute atomic E-state index is 1.20. The summed E-state index contributed by atoms with van der Waals surface area (Å²) in [6, 6.07) is 0. The van der Waals surface area contributed by atoms with Crippen LogP contribution in [0.5, 0.6) is 0 Å². The molecule has 0 saturated carbocycles. The summed E-state index contributed by atoms with van der Waals surface area (Å²) >= 11 is 0. The molecule has 0 aromatic carbocycles. The van der Waals surface area contributed by atoms with Crippen LogP contribution in [0.15, 0.2) is 24.3 Å². The molecule has 0 N–H and O–H groups in total. The van der Waals surface area contributed by atoms with Gasteiger partial charge < -0.3 is 0 Å². The number of hydrogen-bond acceptors (Lipinski definition) is 0. The van der Waals surface area contributed by atoms with Gasteiger partial charge >= 0.3 is 0 Å². The van der Waals surface area contributed by atoms with Gasteiger partial charge in [0, 0.05) is 0 Å². The lowest BCUT2D eigenvalue weighted by atomic mass is 10.3. The van der Waals surface area contributed by atoms with E-state index in [1.54, 1.807) is 0 Å². The zero-order valence-corrected chi connectivity index (χ0v) is 4.30. The Balaban J connectivity index is 2.38. The Morgan fingerprint density at radius 1 is 1.00 bits per heavy atom. The van der Waals surface area contributed by atoms with E-state index in [0.29, 0.717) is 0 Å². The van der Waals surface area contributed by atoms with Gasteiger partial charge in [0.1, 0.15) is 0 Å². The fourth-order valence-corrected chi connectivity index (χ4v) is 0.606. The Labute approximate surface area is 44.5 Å². The lowest BCUT2D eigenvalue weighted by Gasteiger charge is -1.83. The molecule has 0 saturated heterocycles. The Hall–Kier alpha value is -0.650. The average Bonchev–Trinajstić information content (AvgIpc) is 1.90. The fourth-order valence-electron chi connectivity index (χ4n) is 0.606. The van der Waals surface area contributed by atoms with Crippen molar-refractivity contribution in [1.29, 1.82) is 0 Å². The molecule has 0 aliphatic heterocycles. The van der Waals surface area contributed by atoms with Gasteiger partial charge in [-0.2, -0.15) is 30.7 Å². The van der Waals surface area contributed by atoms with Crippen molar-refractivity contribution in [3.8, 4) is 0 Å². The topological polar surface area (TPSA) is 0 Å². The summed E-state index contributed by atoms with van der Waals surface area (Å²) in [5.74, 6) is 0. The molecule has 0 fully saturated rings. The van der Waals surface area contributed by atoms with Gasteiger partial charge in [0.25, 0.3) is 0 Å². The zero-order chi connectivity index (χ0) is 4.95. The van der Waals surface area contributed by atoms with Crippen molar-refractivity contribution in [3.63, 3.8) is 0 Å². The Morgan fingerprint density at radius 3 is 2.14 bits per heavy atom. The average molecular weight is 93.1 g/mol. The van der Waals surface area contributed by atoms with Crippen molar-refractivity contribution in [1.82, 2.24) is 0 Å². The second kappa shape index (κ2) is 2.51. The minimum atomic E-state index is 1.20. The molecule has 0 spiro atoms. The van der Waals surface area contributed by atoms with E-state index in [0.717, 1.165) is 0 Å². The van der Waals surface area contributed by atoms with Crippen LogP contribution in [-0.2, 0) is 0 Å². The first kappa shape index (κ1) is 4.51. The van der Waals surface area contributed by atoms with Crippen molar-refractivity contribution < 1.29 is 0 Å². The Bertz CT molecular complexity index is 76.2. The maximum atomic E-state index is 2.18. The van der Waals surface area contributed by atoms with Crippen LogP contribution in [0.1, 0.15) is 12.8 Å². The van der Waals surface area contributed by atoms with Crippen LogP contribution in [-0.4, -0.2) is 0 Å². The molecule has 0 heterocycles. The molecule has 0 amide bonds. The lowest BCUT2D eigenvalue weighted by Crippen LogP contribution is -1.56. The zero-order valence-electron chi connectivity index (χ0n) is 4.30. The molecule has 0 heteroatoms. The van der Waals surface area contributed by atoms with Crippen LogP contribution < -0.4 is 0 Å². The second-order valence-electron chi connectivity index (χ2n) is 1.63. The maximum absolute atomic E-state index is 2.18. The van der Waals surface area contributed by atoms with Gasteiger partial charge in [-0.1, -0.05) is 12.8 Å². The summed E-state index contributed by atoms with van der Waals surface area (Å²) in [6.45, 7) is 0. The van der Waals surface area contributed by atoms with Crippen molar-refractivity contribution >= 4 is 0 Å². The molecule has 0 atom stereocenters. The summed E-state index contributed by atoms with van der Waals surface area (Å²) in [5.41, 5.74) is 0. The van der Waals surface area contributed by atoms with Crippen molar-refractivity contribution in [2.24, 2.45) is 0 Å². The molecule has 1 aliphatic carbocycles. The summed E-state index contributed by atoms with van der Waals surface area (Å²) in [4.78, 5) is 0. The SMILES string of the molecule is C1=CCCC=C[CH-]1. The third-order valence-corrected chi connectivity index (χ3v) is 0.994. The molecule has 7 heavy (non-hydrogen) atoms. The fraction of sp³-hybridized carbons (Fsp3) is 0.286. The normalized spacial score (nSPS) is 18.3. The highest BCUT2D eigenvalue weighted by atomic mass is 13.9. The third kappa shape index (κ3) is 1.49. The minimum Gasteiger partial charge on any atom is -0.180 e. The van der Waals surface area contributed by atoms with Crippen LogP contribution in [0.3, 0.4) is 0 Å². The standard InChI is InChI=1S/C7H9/c1-2-4-6-7-5-3-1/h1-5H,6-7H2/q-1. The number of rotatable bonds is 0. The van der Waals surface area contributed by atoms with Crippen LogP contribution in [0.2, 0.25) is 0 Å². The van der Waals surface area contributed by atoms with Crippen molar-refractivity contribution in [2.45, 2.75) is 12.8 Å². The molecule has 0 bridgehead atoms. The van der Waals surface area contributed by atoms with Gasteiger partial charge in [0.2, 0.25) is 0 Å². The van der Waals surface area contributed by atoms with E-state index in [4.69, 9.17) is 0 Å². The number of allylic oxidation sites excluding steroid dienone is 4. The molecule has 1 aliphatic rings. The predicted molar refractivity (Wildman–Crippen MR) is 31.8 cm³/mol. The smallest absolute Gasteiger partial charge is 0.0865 e. The van der Waals surface area contributed by atoms with Crippen LogP contribution in [0.4, 0.5) is 0 Å². The van der Waals surface area contributed by atoms with Gasteiger partial charge in [-0.05, 0) is 0 Å². The van der Waals surface area contributed by atoms with Gasteiger partial charge in [-0.3, -0.25) is 0 Å². The largest absolute Gasteiger partial charge is 0.180 e. The van der Waals surface area contributed by atoms with Crippen molar-refractivity contribution in [2.75, 3.05) is 0 Å². The van der Waals surface area contributed by atoms with Gasteiger partial charge in [-0.15, -0.1) is 0 Å². The van der Waals surface area contributed by atoms with Crippen LogP contribution in [0.25, 0.3) is 0 Å². The molecule has 0 radical (unpaired) electrons. The first-order valence-electron chi connectivity index (χ1n) is 2.65. The highest BCUT2D eigenvalue weighted by molar-refractivity contribution is 5.11. The quantitative estimate of drug-likeness (QED) is 0.402. The molecule has 0 aromatic rings. The molecule has 0 nitrogen and oxygen atoms in total. The van der Waals surface area contributed by atoms with Crippen molar-refractivity contribution in [3.05, 3.63) is 30.7 Å².